The summed E-state index contributed by atoms with van der Waals surface area (Å²) in [5, 5.41) is 34.7. The zero-order valence-corrected chi connectivity index (χ0v) is 23.0. The minimum Gasteiger partial charge on any atom is -0.394 e. The van der Waals surface area contributed by atoms with Gasteiger partial charge < -0.3 is 31.2 Å². The van der Waals surface area contributed by atoms with Crippen molar-refractivity contribution >= 4 is 53.3 Å². The molecule has 4 aromatic heterocycles. The van der Waals surface area contributed by atoms with E-state index in [1.54, 1.807) is 0 Å². The summed E-state index contributed by atoms with van der Waals surface area (Å²) in [5.74, 6) is -0.620. The molecule has 1 unspecified atom stereocenters. The number of thiol groups is 1. The van der Waals surface area contributed by atoms with Crippen molar-refractivity contribution in [2.75, 3.05) is 24.7 Å². The second kappa shape index (κ2) is 10.8. The molecule has 21 nitrogen and oxygen atoms in total. The summed E-state index contributed by atoms with van der Waals surface area (Å²) in [4.78, 5) is 36.4. The van der Waals surface area contributed by atoms with Crippen molar-refractivity contribution in [2.24, 2.45) is 0 Å². The van der Waals surface area contributed by atoms with E-state index in [2.05, 4.69) is 52.8 Å². The summed E-state index contributed by atoms with van der Waals surface area (Å²) in [7, 11) is 0. The van der Waals surface area contributed by atoms with E-state index in [9.17, 15) is 24.4 Å². The zero-order chi connectivity index (χ0) is 30.8. The predicted molar refractivity (Wildman–Crippen MR) is 139 cm³/mol. The number of alkyl halides is 2. The molecule has 0 bridgehead atoms. The Kier molecular flexibility index (Phi) is 7.40. The van der Waals surface area contributed by atoms with Crippen LogP contribution in [0.3, 0.4) is 0 Å². The molecule has 25 heteroatoms. The van der Waals surface area contributed by atoms with Gasteiger partial charge in [0.25, 0.3) is 11.1 Å². The SMILES string of the molecule is Nc1nc2c(nnn2[C@@H]2O[C@H](COP(=O)(S)O[C@@H]3[C@H](F)[C@@H](CO)O[C@H]3n3nnc4c(=O)[nH]c(N)nc43)[C@@H](F)[C@H]2O)c(=O)[nH]1. The minimum atomic E-state index is -4.58. The Bertz CT molecular complexity index is 1850. The fraction of sp³-hybridized carbons (Fsp3) is 0.556. The first-order chi connectivity index (χ1) is 20.4. The normalized spacial score (nSPS) is 30.8. The number of hydrogen-bond acceptors (Lipinski definition) is 17. The summed E-state index contributed by atoms with van der Waals surface area (Å²) in [6, 6.07) is 0. The highest BCUT2D eigenvalue weighted by molar-refractivity contribution is 8.44. The largest absolute Gasteiger partial charge is 0.394 e. The van der Waals surface area contributed by atoms with Crippen LogP contribution >= 0.6 is 19.0 Å². The fourth-order valence-corrected chi connectivity index (χ4v) is 6.06. The number of aromatic amines is 2. The van der Waals surface area contributed by atoms with Gasteiger partial charge in [-0.3, -0.25) is 28.6 Å². The second-order valence-corrected chi connectivity index (χ2v) is 12.2. The molecule has 43 heavy (non-hydrogen) atoms. The Morgan fingerprint density at radius 3 is 2.05 bits per heavy atom. The molecule has 8 N–H and O–H groups in total. The summed E-state index contributed by atoms with van der Waals surface area (Å²) in [5.41, 5.74) is 8.64. The van der Waals surface area contributed by atoms with E-state index in [1.807, 2.05) is 0 Å². The summed E-state index contributed by atoms with van der Waals surface area (Å²) in [6.45, 7) is -6.25. The Balaban J connectivity index is 1.19. The lowest BCUT2D eigenvalue weighted by Gasteiger charge is -2.24. The standard InChI is InChI=1S/C18H21F2N12O9PS/c19-5-4(40-15(9(5)34)31-11-7(27-29-31)13(35)25-17(21)23-11)2-38-42(37,43)41-10-6(20)3(1-33)39-16(10)32-12-8(28-30-32)14(36)26-18(22)24-12/h3-6,9-10,15-16,33-34H,1-2H2,(H,37,43)(H3,21,23,25,35)(H3,22,24,26,36)/t3-,4-,5-,6-,9-,10-,15-,16-,42?/m1/s1. The van der Waals surface area contributed by atoms with Gasteiger partial charge in [-0.1, -0.05) is 22.7 Å². The molecule has 6 rings (SSSR count). The molecule has 0 radical (unpaired) electrons. The van der Waals surface area contributed by atoms with Crippen molar-refractivity contribution in [1.82, 2.24) is 49.9 Å². The molecule has 0 spiro atoms. The first-order valence-corrected chi connectivity index (χ1v) is 14.8. The van der Waals surface area contributed by atoms with Gasteiger partial charge in [-0.2, -0.15) is 19.3 Å². The molecule has 2 aliphatic rings. The second-order valence-electron chi connectivity index (χ2n) is 9.34. The molecule has 0 saturated carbocycles. The van der Waals surface area contributed by atoms with E-state index in [0.29, 0.717) is 0 Å². The van der Waals surface area contributed by atoms with Crippen molar-refractivity contribution in [3.8, 4) is 0 Å². The average Bonchev–Trinajstić information content (AvgIpc) is 3.69. The molecular formula is C18H21F2N12O9PS. The number of aromatic nitrogens is 10. The lowest BCUT2D eigenvalue weighted by atomic mass is 10.1. The molecule has 2 saturated heterocycles. The number of fused-ring (bicyclic) bond motifs is 2. The van der Waals surface area contributed by atoms with Crippen molar-refractivity contribution in [3.63, 3.8) is 0 Å². The highest BCUT2D eigenvalue weighted by atomic mass is 32.7. The summed E-state index contributed by atoms with van der Waals surface area (Å²) in [6.07, 6.45) is -14.2. The molecule has 0 amide bonds. The van der Waals surface area contributed by atoms with Gasteiger partial charge >= 0.3 is 6.80 Å². The number of nitrogens with one attached hydrogen (secondary N) is 2. The smallest absolute Gasteiger partial charge is 0.386 e. The van der Waals surface area contributed by atoms with E-state index >= 15 is 8.78 Å². The van der Waals surface area contributed by atoms with Gasteiger partial charge in [0.15, 0.2) is 47.1 Å². The number of halogens is 2. The minimum absolute atomic E-state index is 0.208. The lowest BCUT2D eigenvalue weighted by molar-refractivity contribution is -0.0605. The van der Waals surface area contributed by atoms with Gasteiger partial charge in [0.05, 0.1) is 13.2 Å². The number of aliphatic hydroxyl groups is 2. The maximum Gasteiger partial charge on any atom is 0.386 e. The first-order valence-electron chi connectivity index (χ1n) is 12.1. The Morgan fingerprint density at radius 2 is 1.49 bits per heavy atom. The number of rotatable bonds is 8. The van der Waals surface area contributed by atoms with Gasteiger partial charge in [-0.05, 0) is 0 Å². The van der Waals surface area contributed by atoms with Crippen molar-refractivity contribution in [3.05, 3.63) is 20.7 Å². The summed E-state index contributed by atoms with van der Waals surface area (Å²) < 4.78 is 66.6. The highest BCUT2D eigenvalue weighted by Gasteiger charge is 2.52. The zero-order valence-electron chi connectivity index (χ0n) is 21.2. The maximum atomic E-state index is 15.3. The number of nitrogens with two attached hydrogens (primary N) is 2. The maximum absolute atomic E-state index is 15.3. The average molecular weight is 650 g/mol. The molecule has 2 fully saturated rings. The van der Waals surface area contributed by atoms with Crippen LogP contribution in [0.2, 0.25) is 0 Å². The van der Waals surface area contributed by atoms with Crippen LogP contribution in [-0.2, 0) is 23.1 Å². The first kappa shape index (κ1) is 29.4. The van der Waals surface area contributed by atoms with Crippen molar-refractivity contribution in [1.29, 1.82) is 0 Å². The van der Waals surface area contributed by atoms with E-state index in [0.717, 1.165) is 9.36 Å². The van der Waals surface area contributed by atoms with Gasteiger partial charge in [0.1, 0.15) is 24.4 Å². The summed E-state index contributed by atoms with van der Waals surface area (Å²) >= 11 is 3.84. The van der Waals surface area contributed by atoms with Crippen LogP contribution < -0.4 is 22.6 Å². The van der Waals surface area contributed by atoms with Crippen LogP contribution in [0.15, 0.2) is 9.59 Å². The third-order valence-corrected chi connectivity index (χ3v) is 8.19. The quantitative estimate of drug-likeness (QED) is 0.0764. The van der Waals surface area contributed by atoms with E-state index in [4.69, 9.17) is 30.0 Å². The Hall–Kier alpha value is -3.64. The third kappa shape index (κ3) is 5.14. The van der Waals surface area contributed by atoms with E-state index in [1.165, 1.54) is 0 Å². The number of nitrogen functional groups attached to an aromatic ring is 2. The van der Waals surface area contributed by atoms with E-state index < -0.39 is 80.3 Å². The monoisotopic (exact) mass is 650 g/mol. The molecule has 232 valence electrons. The molecule has 6 heterocycles. The van der Waals surface area contributed by atoms with Crippen LogP contribution in [-0.4, -0.2) is 110 Å². The van der Waals surface area contributed by atoms with Crippen LogP contribution in [0.5, 0.6) is 0 Å². The number of ether oxygens (including phenoxy) is 2. The van der Waals surface area contributed by atoms with Gasteiger partial charge in [0, 0.05) is 0 Å². The van der Waals surface area contributed by atoms with Crippen molar-refractivity contribution in [2.45, 2.75) is 49.2 Å². The molecule has 4 aromatic rings. The number of aliphatic hydroxyl groups excluding tert-OH is 2. The van der Waals surface area contributed by atoms with Crippen LogP contribution in [0.1, 0.15) is 12.5 Å². The Labute approximate surface area is 240 Å². The van der Waals surface area contributed by atoms with Gasteiger partial charge in [-0.15, -0.1) is 10.2 Å². The predicted octanol–water partition coefficient (Wildman–Crippen LogP) is -2.53. The van der Waals surface area contributed by atoms with Gasteiger partial charge in [-0.25, -0.2) is 13.3 Å². The number of nitrogens with zero attached hydrogens (tertiary/aromatic N) is 8. The van der Waals surface area contributed by atoms with Crippen LogP contribution in [0.25, 0.3) is 22.3 Å². The number of anilines is 2. The number of hydrogen-bond donors (Lipinski definition) is 7. The number of H-pyrrole nitrogens is 2. The molecular weight excluding hydrogens is 629 g/mol. The van der Waals surface area contributed by atoms with Crippen LogP contribution in [0.4, 0.5) is 20.7 Å². The van der Waals surface area contributed by atoms with Gasteiger partial charge in [0.2, 0.25) is 11.9 Å². The highest BCUT2D eigenvalue weighted by Crippen LogP contribution is 2.57. The topological polar surface area (TPSA) is 299 Å². The third-order valence-electron chi connectivity index (χ3n) is 6.58. The Morgan fingerprint density at radius 1 is 0.953 bits per heavy atom. The van der Waals surface area contributed by atoms with E-state index in [-0.39, 0.29) is 34.2 Å². The fourth-order valence-electron chi connectivity index (χ4n) is 4.61. The molecule has 2 aliphatic heterocycles. The molecule has 0 aromatic carbocycles. The van der Waals surface area contributed by atoms with Crippen molar-refractivity contribution < 1.29 is 42.1 Å². The van der Waals surface area contributed by atoms with Crippen LogP contribution in [0, 0.1) is 0 Å². The molecule has 9 atom stereocenters. The lowest BCUT2D eigenvalue weighted by Crippen LogP contribution is -2.32. The molecule has 0 aliphatic carbocycles.